The third kappa shape index (κ3) is 3.56. The third-order valence-electron chi connectivity index (χ3n) is 5.64. The monoisotopic (exact) mass is 506 g/mol. The van der Waals surface area contributed by atoms with Gasteiger partial charge in [0.25, 0.3) is 0 Å². The van der Waals surface area contributed by atoms with Gasteiger partial charge in [0.2, 0.25) is 0 Å². The molecule has 2 heterocycles. The molecule has 0 saturated carbocycles. The predicted octanol–water partition coefficient (Wildman–Crippen LogP) is 6.56. The molecular formula is C25H23IN4. The van der Waals surface area contributed by atoms with E-state index >= 15 is 0 Å². The summed E-state index contributed by atoms with van der Waals surface area (Å²) in [5.41, 5.74) is 10.4. The summed E-state index contributed by atoms with van der Waals surface area (Å²) in [5.74, 6) is 0.604. The molecule has 2 aromatic carbocycles. The van der Waals surface area contributed by atoms with Crippen LogP contribution in [0.5, 0.6) is 0 Å². The molecule has 0 amide bonds. The summed E-state index contributed by atoms with van der Waals surface area (Å²) in [7, 11) is 0. The van der Waals surface area contributed by atoms with E-state index in [1.54, 1.807) is 0 Å². The van der Waals surface area contributed by atoms with E-state index in [9.17, 15) is 5.26 Å². The van der Waals surface area contributed by atoms with Gasteiger partial charge < -0.3 is 9.55 Å². The predicted molar refractivity (Wildman–Crippen MR) is 132 cm³/mol. The van der Waals surface area contributed by atoms with Crippen molar-refractivity contribution in [2.45, 2.75) is 34.6 Å². The molecule has 5 heteroatoms. The second-order valence-corrected chi connectivity index (χ2v) is 8.97. The zero-order valence-electron chi connectivity index (χ0n) is 17.8. The first-order chi connectivity index (χ1) is 14.3. The van der Waals surface area contributed by atoms with Crippen molar-refractivity contribution in [1.29, 1.82) is 5.26 Å². The molecule has 1 N–H and O–H groups in total. The first kappa shape index (κ1) is 20.4. The molecule has 0 atom stereocenters. The summed E-state index contributed by atoms with van der Waals surface area (Å²) in [6.07, 6.45) is 1.93. The molecule has 0 fully saturated rings. The molecule has 0 bridgehead atoms. The van der Waals surface area contributed by atoms with Crippen LogP contribution in [0.3, 0.4) is 0 Å². The van der Waals surface area contributed by atoms with Crippen LogP contribution in [0.4, 0.5) is 0 Å². The standard InChI is InChI=1S/C25H23IN4/c1-14-9-23-24(10-15(14)2)29-25(28-23)20(13-27)12-19-11-17(4)30(18(19)5)21-6-7-22(26)16(3)8-21/h6-12H,1-5H3,(H,28,29)/b20-12-. The zero-order valence-corrected chi connectivity index (χ0v) is 19.9. The van der Waals surface area contributed by atoms with Crippen molar-refractivity contribution in [1.82, 2.24) is 14.5 Å². The maximum Gasteiger partial charge on any atom is 0.149 e. The van der Waals surface area contributed by atoms with Crippen molar-refractivity contribution in [3.8, 4) is 11.8 Å². The average Bonchev–Trinajstić information content (AvgIpc) is 3.22. The van der Waals surface area contributed by atoms with Gasteiger partial charge in [-0.1, -0.05) is 0 Å². The molecule has 0 spiro atoms. The maximum absolute atomic E-state index is 9.84. The number of benzene rings is 2. The minimum atomic E-state index is 0.528. The van der Waals surface area contributed by atoms with Gasteiger partial charge in [0.15, 0.2) is 0 Å². The number of nitrogens with one attached hydrogen (secondary N) is 1. The number of rotatable bonds is 3. The summed E-state index contributed by atoms with van der Waals surface area (Å²) in [4.78, 5) is 7.98. The maximum atomic E-state index is 9.84. The van der Waals surface area contributed by atoms with Crippen LogP contribution in [-0.2, 0) is 0 Å². The molecule has 150 valence electrons. The van der Waals surface area contributed by atoms with Crippen LogP contribution in [0.15, 0.2) is 36.4 Å². The number of halogens is 1. The fourth-order valence-electron chi connectivity index (χ4n) is 3.81. The molecule has 0 aliphatic carbocycles. The van der Waals surface area contributed by atoms with Gasteiger partial charge in [-0.15, -0.1) is 0 Å². The molecule has 4 aromatic rings. The van der Waals surface area contributed by atoms with Gasteiger partial charge in [-0.2, -0.15) is 5.26 Å². The Bertz CT molecular complexity index is 1320. The SMILES string of the molecule is Cc1cc2nc(/C(C#N)=C\c3cc(C)n(-c4ccc(I)c(C)c4)c3C)[nH]c2cc1C. The Labute approximate surface area is 190 Å². The van der Waals surface area contributed by atoms with Gasteiger partial charge in [0, 0.05) is 20.6 Å². The highest BCUT2D eigenvalue weighted by Crippen LogP contribution is 2.27. The summed E-state index contributed by atoms with van der Waals surface area (Å²) < 4.78 is 3.48. The Hall–Kier alpha value is -2.85. The Morgan fingerprint density at radius 1 is 1.03 bits per heavy atom. The molecule has 0 radical (unpaired) electrons. The number of hydrogen-bond acceptors (Lipinski definition) is 2. The Morgan fingerprint density at radius 3 is 2.47 bits per heavy atom. The van der Waals surface area contributed by atoms with Gasteiger partial charge in [0.05, 0.1) is 16.6 Å². The number of aromatic amines is 1. The number of aromatic nitrogens is 3. The summed E-state index contributed by atoms with van der Waals surface area (Å²) in [6, 6.07) is 15.1. The van der Waals surface area contributed by atoms with Gasteiger partial charge in [-0.25, -0.2) is 4.98 Å². The number of allylic oxidation sites excluding steroid dienone is 1. The molecule has 4 rings (SSSR count). The lowest BCUT2D eigenvalue weighted by atomic mass is 10.1. The highest BCUT2D eigenvalue weighted by molar-refractivity contribution is 14.1. The van der Waals surface area contributed by atoms with E-state index in [-0.39, 0.29) is 0 Å². The van der Waals surface area contributed by atoms with Crippen LogP contribution >= 0.6 is 22.6 Å². The van der Waals surface area contributed by atoms with Crippen LogP contribution in [0, 0.1) is 49.5 Å². The van der Waals surface area contributed by atoms with E-state index in [0.29, 0.717) is 11.4 Å². The minimum Gasteiger partial charge on any atom is -0.337 e. The topological polar surface area (TPSA) is 57.4 Å². The van der Waals surface area contributed by atoms with Crippen LogP contribution in [0.1, 0.15) is 39.5 Å². The average molecular weight is 506 g/mol. The lowest BCUT2D eigenvalue weighted by molar-refractivity contribution is 0.961. The van der Waals surface area contributed by atoms with Crippen molar-refractivity contribution < 1.29 is 0 Å². The van der Waals surface area contributed by atoms with E-state index in [4.69, 9.17) is 0 Å². The second-order valence-electron chi connectivity index (χ2n) is 7.80. The number of nitrogens with zero attached hydrogens (tertiary/aromatic N) is 3. The van der Waals surface area contributed by atoms with Gasteiger partial charge >= 0.3 is 0 Å². The minimum absolute atomic E-state index is 0.528. The summed E-state index contributed by atoms with van der Waals surface area (Å²) in [6.45, 7) is 10.5. The van der Waals surface area contributed by atoms with E-state index < -0.39 is 0 Å². The van der Waals surface area contributed by atoms with Gasteiger partial charge in [-0.05, 0) is 122 Å². The second kappa shape index (κ2) is 7.77. The smallest absolute Gasteiger partial charge is 0.149 e. The number of hydrogen-bond donors (Lipinski definition) is 1. The van der Waals surface area contributed by atoms with Crippen LogP contribution in [0.2, 0.25) is 0 Å². The molecule has 0 unspecified atom stereocenters. The molecule has 4 nitrogen and oxygen atoms in total. The van der Waals surface area contributed by atoms with Crippen molar-refractivity contribution >= 4 is 45.3 Å². The van der Waals surface area contributed by atoms with Gasteiger partial charge in [-0.3, -0.25) is 0 Å². The van der Waals surface area contributed by atoms with Crippen LogP contribution in [-0.4, -0.2) is 14.5 Å². The van der Waals surface area contributed by atoms with Crippen molar-refractivity contribution in [3.05, 3.63) is 79.4 Å². The third-order valence-corrected chi connectivity index (χ3v) is 6.85. The molecule has 2 aromatic heterocycles. The van der Waals surface area contributed by atoms with Crippen molar-refractivity contribution in [2.24, 2.45) is 0 Å². The number of nitriles is 1. The normalized spacial score (nSPS) is 11.8. The molecule has 0 aliphatic rings. The number of H-pyrrole nitrogens is 1. The fraction of sp³-hybridized carbons (Fsp3) is 0.200. The summed E-state index contributed by atoms with van der Waals surface area (Å²) >= 11 is 2.35. The fourth-order valence-corrected chi connectivity index (χ4v) is 4.14. The first-order valence-electron chi connectivity index (χ1n) is 9.83. The Morgan fingerprint density at radius 2 is 1.77 bits per heavy atom. The number of imidazole rings is 1. The molecule has 0 aliphatic heterocycles. The zero-order chi connectivity index (χ0) is 21.6. The first-order valence-corrected chi connectivity index (χ1v) is 10.9. The quantitative estimate of drug-likeness (QED) is 0.253. The lowest BCUT2D eigenvalue weighted by Gasteiger charge is -2.11. The van der Waals surface area contributed by atoms with Gasteiger partial charge in [0.1, 0.15) is 11.9 Å². The van der Waals surface area contributed by atoms with Crippen LogP contribution < -0.4 is 0 Å². The molecule has 0 saturated heterocycles. The van der Waals surface area contributed by atoms with E-state index in [1.165, 1.54) is 20.3 Å². The van der Waals surface area contributed by atoms with Crippen molar-refractivity contribution in [2.75, 3.05) is 0 Å². The highest BCUT2D eigenvalue weighted by Gasteiger charge is 2.14. The largest absolute Gasteiger partial charge is 0.337 e. The lowest BCUT2D eigenvalue weighted by Crippen LogP contribution is -2.00. The molecular weight excluding hydrogens is 483 g/mol. The number of aryl methyl sites for hydroxylation is 4. The molecule has 30 heavy (non-hydrogen) atoms. The Kier molecular flexibility index (Phi) is 5.29. The highest BCUT2D eigenvalue weighted by atomic mass is 127. The van der Waals surface area contributed by atoms with E-state index in [1.807, 2.05) is 6.08 Å². The van der Waals surface area contributed by atoms with E-state index in [0.717, 1.165) is 33.7 Å². The number of fused-ring (bicyclic) bond motifs is 1. The van der Waals surface area contributed by atoms with E-state index in [2.05, 4.69) is 114 Å². The Balaban J connectivity index is 1.80. The summed E-state index contributed by atoms with van der Waals surface area (Å²) in [5, 5.41) is 9.84. The van der Waals surface area contributed by atoms with Crippen molar-refractivity contribution in [3.63, 3.8) is 0 Å². The van der Waals surface area contributed by atoms with Crippen LogP contribution in [0.25, 0.3) is 28.4 Å².